The SMILES string of the molecule is CC(=O)c1cccc2c1OB(O)[C@@H](CC(=O)CCc1cncs1)C2. The maximum Gasteiger partial charge on any atom is 0.526 e. The van der Waals surface area contributed by atoms with Gasteiger partial charge in [-0.3, -0.25) is 14.6 Å². The Morgan fingerprint density at radius 3 is 3.00 bits per heavy atom. The lowest BCUT2D eigenvalue weighted by atomic mass is 9.64. The zero-order valence-electron chi connectivity index (χ0n) is 13.4. The van der Waals surface area contributed by atoms with E-state index in [2.05, 4.69) is 4.98 Å². The van der Waals surface area contributed by atoms with Crippen LogP contribution in [0.15, 0.2) is 29.9 Å². The van der Waals surface area contributed by atoms with Gasteiger partial charge in [-0.2, -0.15) is 0 Å². The molecule has 3 rings (SSSR count). The quantitative estimate of drug-likeness (QED) is 0.645. The minimum absolute atomic E-state index is 0.0990. The molecule has 124 valence electrons. The van der Waals surface area contributed by atoms with Crippen molar-refractivity contribution in [3.63, 3.8) is 0 Å². The summed E-state index contributed by atoms with van der Waals surface area (Å²) in [5.41, 5.74) is 3.09. The standard InChI is InChI=1S/C17H18BNO4S/c1-11(20)16-4-2-3-12-7-13(18(22)23-17(12)16)8-14(21)5-6-15-9-19-10-24-15/h2-4,9-10,13,22H,5-8H2,1H3/t13-/m1/s1. The van der Waals surface area contributed by atoms with Crippen LogP contribution in [0, 0.1) is 0 Å². The van der Waals surface area contributed by atoms with Crippen molar-refractivity contribution in [1.82, 2.24) is 4.98 Å². The van der Waals surface area contributed by atoms with Crippen LogP contribution >= 0.6 is 11.3 Å². The minimum Gasteiger partial charge on any atom is -0.535 e. The van der Waals surface area contributed by atoms with Crippen LogP contribution in [0.3, 0.4) is 0 Å². The smallest absolute Gasteiger partial charge is 0.526 e. The molecule has 0 aliphatic carbocycles. The van der Waals surface area contributed by atoms with Gasteiger partial charge in [-0.1, -0.05) is 12.1 Å². The van der Waals surface area contributed by atoms with Crippen molar-refractivity contribution in [2.24, 2.45) is 0 Å². The first-order chi connectivity index (χ1) is 11.5. The van der Waals surface area contributed by atoms with E-state index >= 15 is 0 Å². The Kier molecular flexibility index (Phi) is 5.11. The van der Waals surface area contributed by atoms with Crippen molar-refractivity contribution in [1.29, 1.82) is 0 Å². The summed E-state index contributed by atoms with van der Waals surface area (Å²) in [6, 6.07) is 5.37. The molecule has 2 aromatic rings. The third-order valence-corrected chi connectivity index (χ3v) is 5.06. The van der Waals surface area contributed by atoms with Crippen molar-refractivity contribution in [3.8, 4) is 5.75 Å². The summed E-state index contributed by atoms with van der Waals surface area (Å²) in [6.45, 7) is 1.47. The fourth-order valence-corrected chi connectivity index (χ4v) is 3.56. The highest BCUT2D eigenvalue weighted by Crippen LogP contribution is 2.36. The van der Waals surface area contributed by atoms with Crippen LogP contribution in [0.25, 0.3) is 0 Å². The van der Waals surface area contributed by atoms with Gasteiger partial charge in [0.2, 0.25) is 0 Å². The molecule has 2 heterocycles. The summed E-state index contributed by atoms with van der Waals surface area (Å²) in [5, 5.41) is 10.2. The number of nitrogens with zero attached hydrogens (tertiary/aromatic N) is 1. The minimum atomic E-state index is -1.06. The number of thiazole rings is 1. The van der Waals surface area contributed by atoms with Gasteiger partial charge in [-0.15, -0.1) is 11.3 Å². The molecule has 1 aromatic carbocycles. The third-order valence-electron chi connectivity index (χ3n) is 4.22. The van der Waals surface area contributed by atoms with Gasteiger partial charge in [0, 0.05) is 29.7 Å². The molecule has 1 aliphatic rings. The molecule has 5 nitrogen and oxygen atoms in total. The molecule has 0 saturated carbocycles. The van der Waals surface area contributed by atoms with Gasteiger partial charge in [0.05, 0.1) is 11.1 Å². The second kappa shape index (κ2) is 7.28. The highest BCUT2D eigenvalue weighted by Gasteiger charge is 2.37. The molecule has 1 aliphatic heterocycles. The van der Waals surface area contributed by atoms with Crippen LogP contribution in [0.2, 0.25) is 5.82 Å². The Bertz CT molecular complexity index is 747. The second-order valence-electron chi connectivity index (χ2n) is 6.03. The molecule has 1 atom stereocenters. The van der Waals surface area contributed by atoms with Crippen molar-refractivity contribution in [2.45, 2.75) is 38.4 Å². The van der Waals surface area contributed by atoms with Crippen LogP contribution in [0.4, 0.5) is 0 Å². The normalized spacial score (nSPS) is 16.4. The molecule has 0 unspecified atom stereocenters. The van der Waals surface area contributed by atoms with Gasteiger partial charge in [-0.25, -0.2) is 0 Å². The first-order valence-electron chi connectivity index (χ1n) is 7.91. The maximum absolute atomic E-state index is 12.2. The van der Waals surface area contributed by atoms with Gasteiger partial charge in [-0.05, 0) is 31.4 Å². The number of carbonyl (C=O) groups is 2. The van der Waals surface area contributed by atoms with E-state index in [9.17, 15) is 14.6 Å². The Labute approximate surface area is 144 Å². The number of hydrogen-bond acceptors (Lipinski definition) is 6. The maximum atomic E-state index is 12.2. The summed E-state index contributed by atoms with van der Waals surface area (Å²) < 4.78 is 5.56. The van der Waals surface area contributed by atoms with Crippen LogP contribution in [-0.4, -0.2) is 28.7 Å². The highest BCUT2D eigenvalue weighted by atomic mass is 32.1. The number of Topliss-reactive ketones (excluding diaryl/α,β-unsaturated/α-hetero) is 2. The van der Waals surface area contributed by atoms with Crippen LogP contribution in [0.5, 0.6) is 5.75 Å². The number of fused-ring (bicyclic) bond motifs is 1. The van der Waals surface area contributed by atoms with E-state index in [1.165, 1.54) is 18.3 Å². The predicted octanol–water partition coefficient (Wildman–Crippen LogP) is 2.72. The lowest BCUT2D eigenvalue weighted by molar-refractivity contribution is -0.119. The van der Waals surface area contributed by atoms with Crippen molar-refractivity contribution in [2.75, 3.05) is 0 Å². The van der Waals surface area contributed by atoms with E-state index in [1.54, 1.807) is 23.8 Å². The van der Waals surface area contributed by atoms with Gasteiger partial charge in [0.25, 0.3) is 0 Å². The topological polar surface area (TPSA) is 76.5 Å². The molecule has 24 heavy (non-hydrogen) atoms. The number of para-hydroxylation sites is 1. The van der Waals surface area contributed by atoms with E-state index in [1.807, 2.05) is 6.07 Å². The van der Waals surface area contributed by atoms with E-state index in [0.29, 0.717) is 30.6 Å². The average molecular weight is 343 g/mol. The molecule has 0 fully saturated rings. The van der Waals surface area contributed by atoms with Gasteiger partial charge in [0.15, 0.2) is 5.78 Å². The number of rotatable bonds is 6. The second-order valence-corrected chi connectivity index (χ2v) is 7.00. The van der Waals surface area contributed by atoms with Crippen molar-refractivity contribution in [3.05, 3.63) is 45.9 Å². The van der Waals surface area contributed by atoms with Crippen molar-refractivity contribution >= 4 is 30.0 Å². The summed E-state index contributed by atoms with van der Waals surface area (Å²) in [5.74, 6) is 0.167. The zero-order valence-corrected chi connectivity index (χ0v) is 14.2. The molecular formula is C17H18BNO4S. The summed E-state index contributed by atoms with van der Waals surface area (Å²) >= 11 is 1.54. The fraction of sp³-hybridized carbons (Fsp3) is 0.353. The van der Waals surface area contributed by atoms with Gasteiger partial charge < -0.3 is 9.68 Å². The van der Waals surface area contributed by atoms with Crippen LogP contribution < -0.4 is 4.65 Å². The molecule has 1 aromatic heterocycles. The molecule has 0 amide bonds. The molecule has 0 saturated heterocycles. The van der Waals surface area contributed by atoms with E-state index in [4.69, 9.17) is 4.65 Å². The van der Waals surface area contributed by atoms with Crippen LogP contribution in [0.1, 0.15) is 40.6 Å². The molecule has 0 radical (unpaired) electrons. The number of benzene rings is 1. The van der Waals surface area contributed by atoms with Gasteiger partial charge in [0.1, 0.15) is 11.5 Å². The molecule has 7 heteroatoms. The van der Waals surface area contributed by atoms with E-state index in [-0.39, 0.29) is 23.8 Å². The Balaban J connectivity index is 1.64. The Morgan fingerprint density at radius 2 is 2.29 bits per heavy atom. The number of carbonyl (C=O) groups excluding carboxylic acids is 2. The number of hydrogen-bond donors (Lipinski definition) is 1. The summed E-state index contributed by atoms with van der Waals surface area (Å²) in [7, 11) is -1.06. The first kappa shape index (κ1) is 16.9. The fourth-order valence-electron chi connectivity index (χ4n) is 2.96. The van der Waals surface area contributed by atoms with E-state index in [0.717, 1.165) is 10.4 Å². The molecule has 0 spiro atoms. The molecule has 0 bridgehead atoms. The average Bonchev–Trinajstić information content (AvgIpc) is 3.06. The zero-order chi connectivity index (χ0) is 17.1. The monoisotopic (exact) mass is 343 g/mol. The number of ketones is 2. The summed E-state index contributed by atoms with van der Waals surface area (Å²) in [6.07, 6.45) is 3.69. The van der Waals surface area contributed by atoms with Crippen LogP contribution in [-0.2, 0) is 17.6 Å². The molecule has 1 N–H and O–H groups in total. The third kappa shape index (κ3) is 3.74. The lowest BCUT2D eigenvalue weighted by Crippen LogP contribution is -2.35. The molecular weight excluding hydrogens is 325 g/mol. The van der Waals surface area contributed by atoms with E-state index < -0.39 is 7.12 Å². The Hall–Kier alpha value is -1.99. The Morgan fingerprint density at radius 1 is 1.46 bits per heavy atom. The first-order valence-corrected chi connectivity index (χ1v) is 8.79. The predicted molar refractivity (Wildman–Crippen MR) is 92.6 cm³/mol. The lowest BCUT2D eigenvalue weighted by Gasteiger charge is -2.28. The number of aromatic nitrogens is 1. The van der Waals surface area contributed by atoms with Gasteiger partial charge >= 0.3 is 7.12 Å². The largest absolute Gasteiger partial charge is 0.535 e. The van der Waals surface area contributed by atoms with Crippen molar-refractivity contribution < 1.29 is 19.3 Å². The number of aryl methyl sites for hydroxylation is 1. The summed E-state index contributed by atoms with van der Waals surface area (Å²) in [4.78, 5) is 28.9. The highest BCUT2D eigenvalue weighted by molar-refractivity contribution is 7.09.